The predicted molar refractivity (Wildman–Crippen MR) is 67.5 cm³/mol. The van der Waals surface area contributed by atoms with Crippen LogP contribution in [0.25, 0.3) is 0 Å². The van der Waals surface area contributed by atoms with Crippen molar-refractivity contribution in [2.24, 2.45) is 5.92 Å². The highest BCUT2D eigenvalue weighted by Gasteiger charge is 2.35. The number of rotatable bonds is 4. The van der Waals surface area contributed by atoms with Crippen molar-refractivity contribution < 1.29 is 14.7 Å². The predicted octanol–water partition coefficient (Wildman–Crippen LogP) is 1.70. The second kappa shape index (κ2) is 5.08. The summed E-state index contributed by atoms with van der Waals surface area (Å²) in [5.41, 5.74) is 0.589. The molecule has 2 unspecified atom stereocenters. The van der Waals surface area contributed by atoms with E-state index in [-0.39, 0.29) is 18.6 Å². The van der Waals surface area contributed by atoms with Gasteiger partial charge in [0.15, 0.2) is 0 Å². The van der Waals surface area contributed by atoms with Gasteiger partial charge in [0.25, 0.3) is 0 Å². The Balaban J connectivity index is 2.09. The number of carboxylic acids is 1. The minimum atomic E-state index is -1.03. The van der Waals surface area contributed by atoms with E-state index in [0.29, 0.717) is 11.6 Å². The molecule has 1 aliphatic carbocycles. The number of carbonyl (C=O) groups is 2. The van der Waals surface area contributed by atoms with E-state index in [9.17, 15) is 9.59 Å². The van der Waals surface area contributed by atoms with Gasteiger partial charge in [-0.1, -0.05) is 25.1 Å². The summed E-state index contributed by atoms with van der Waals surface area (Å²) in [6.07, 6.45) is 0.960. The number of nitrogens with zero attached hydrogens (tertiary/aromatic N) is 1. The smallest absolute Gasteiger partial charge is 0.323 e. The van der Waals surface area contributed by atoms with E-state index >= 15 is 0 Å². The van der Waals surface area contributed by atoms with Gasteiger partial charge in [-0.2, -0.15) is 0 Å². The van der Waals surface area contributed by atoms with E-state index in [1.807, 2.05) is 6.07 Å². The summed E-state index contributed by atoms with van der Waals surface area (Å²) in [6, 6.07) is 8.64. The minimum absolute atomic E-state index is 0.178. The molecule has 1 aromatic rings. The van der Waals surface area contributed by atoms with Crippen LogP contribution in [0.5, 0.6) is 0 Å². The molecule has 0 bridgehead atoms. The van der Waals surface area contributed by atoms with Crippen molar-refractivity contribution in [1.82, 2.24) is 5.32 Å². The highest BCUT2D eigenvalue weighted by molar-refractivity contribution is 5.96. The molecule has 2 amide bonds. The van der Waals surface area contributed by atoms with E-state index in [2.05, 4.69) is 12.2 Å². The highest BCUT2D eigenvalue weighted by atomic mass is 16.4. The van der Waals surface area contributed by atoms with Gasteiger partial charge in [0.2, 0.25) is 0 Å². The summed E-state index contributed by atoms with van der Waals surface area (Å²) in [6.45, 7) is 1.71. The van der Waals surface area contributed by atoms with Crippen molar-refractivity contribution in [3.63, 3.8) is 0 Å². The maximum absolute atomic E-state index is 12.0. The number of para-hydroxylation sites is 1. The van der Waals surface area contributed by atoms with Gasteiger partial charge >= 0.3 is 12.0 Å². The molecule has 2 N–H and O–H groups in total. The SMILES string of the molecule is CC1CC1NC(=O)N(CC(=O)O)c1ccccc1. The average molecular weight is 248 g/mol. The first-order chi connectivity index (χ1) is 8.58. The number of hydrogen-bond donors (Lipinski definition) is 2. The van der Waals surface area contributed by atoms with E-state index in [1.165, 1.54) is 4.90 Å². The number of amides is 2. The van der Waals surface area contributed by atoms with Crippen molar-refractivity contribution in [3.8, 4) is 0 Å². The van der Waals surface area contributed by atoms with Gasteiger partial charge in [-0.05, 0) is 24.5 Å². The normalized spacial score (nSPS) is 21.2. The lowest BCUT2D eigenvalue weighted by Gasteiger charge is -2.21. The maximum atomic E-state index is 12.0. The topological polar surface area (TPSA) is 69.6 Å². The number of carboxylic acid groups (broad SMARTS) is 1. The molecule has 2 rings (SSSR count). The Hall–Kier alpha value is -2.04. The molecular formula is C13H16N2O3. The van der Waals surface area contributed by atoms with Crippen molar-refractivity contribution >= 4 is 17.7 Å². The van der Waals surface area contributed by atoms with Crippen LogP contribution in [-0.4, -0.2) is 29.7 Å². The summed E-state index contributed by atoms with van der Waals surface area (Å²) < 4.78 is 0. The van der Waals surface area contributed by atoms with Gasteiger partial charge < -0.3 is 10.4 Å². The first-order valence-corrected chi connectivity index (χ1v) is 5.93. The third-order valence-electron chi connectivity index (χ3n) is 3.02. The average Bonchev–Trinajstić information content (AvgIpc) is 3.02. The first kappa shape index (κ1) is 12.4. The molecule has 96 valence electrons. The van der Waals surface area contributed by atoms with Crippen LogP contribution in [0.15, 0.2) is 30.3 Å². The summed E-state index contributed by atoms with van der Waals surface area (Å²) in [5.74, 6) is -0.547. The number of anilines is 1. The van der Waals surface area contributed by atoms with Gasteiger partial charge in [0, 0.05) is 11.7 Å². The number of hydrogen-bond acceptors (Lipinski definition) is 2. The molecule has 0 aliphatic heterocycles. The fourth-order valence-corrected chi connectivity index (χ4v) is 1.78. The first-order valence-electron chi connectivity index (χ1n) is 5.93. The van der Waals surface area contributed by atoms with Gasteiger partial charge in [-0.25, -0.2) is 4.79 Å². The Kier molecular flexibility index (Phi) is 3.50. The lowest BCUT2D eigenvalue weighted by molar-refractivity contribution is -0.135. The number of nitrogens with one attached hydrogen (secondary N) is 1. The van der Waals surface area contributed by atoms with Crippen molar-refractivity contribution in [1.29, 1.82) is 0 Å². The Morgan fingerprint density at radius 3 is 2.50 bits per heavy atom. The number of benzene rings is 1. The molecule has 5 heteroatoms. The van der Waals surface area contributed by atoms with E-state index < -0.39 is 5.97 Å². The van der Waals surface area contributed by atoms with Gasteiger partial charge in [0.05, 0.1) is 0 Å². The van der Waals surface area contributed by atoms with Crippen LogP contribution in [0.4, 0.5) is 10.5 Å². The third kappa shape index (κ3) is 3.00. The molecule has 1 saturated carbocycles. The fourth-order valence-electron chi connectivity index (χ4n) is 1.78. The Labute approximate surface area is 105 Å². The van der Waals surface area contributed by atoms with Crippen molar-refractivity contribution in [2.75, 3.05) is 11.4 Å². The monoisotopic (exact) mass is 248 g/mol. The summed E-state index contributed by atoms with van der Waals surface area (Å²) >= 11 is 0. The Bertz CT molecular complexity index is 447. The van der Waals surface area contributed by atoms with Crippen LogP contribution >= 0.6 is 0 Å². The molecule has 0 radical (unpaired) electrons. The second-order valence-corrected chi connectivity index (χ2v) is 4.58. The van der Waals surface area contributed by atoms with E-state index in [4.69, 9.17) is 5.11 Å². The van der Waals surface area contributed by atoms with Gasteiger partial charge in [-0.3, -0.25) is 9.69 Å². The quantitative estimate of drug-likeness (QED) is 0.852. The molecule has 0 spiro atoms. The maximum Gasteiger partial charge on any atom is 0.323 e. The van der Waals surface area contributed by atoms with Crippen LogP contribution in [0, 0.1) is 5.92 Å². The summed E-state index contributed by atoms with van der Waals surface area (Å²) in [5, 5.41) is 11.7. The van der Waals surface area contributed by atoms with Crippen LogP contribution in [0.1, 0.15) is 13.3 Å². The Morgan fingerprint density at radius 1 is 1.39 bits per heavy atom. The molecule has 18 heavy (non-hydrogen) atoms. The van der Waals surface area contributed by atoms with Crippen LogP contribution in [-0.2, 0) is 4.79 Å². The number of carbonyl (C=O) groups excluding carboxylic acids is 1. The molecule has 0 heterocycles. The number of aliphatic carboxylic acids is 1. The van der Waals surface area contributed by atoms with Crippen molar-refractivity contribution in [3.05, 3.63) is 30.3 Å². The standard InChI is InChI=1S/C13H16N2O3/c1-9-7-11(9)14-13(18)15(8-12(16)17)10-5-3-2-4-6-10/h2-6,9,11H,7-8H2,1H3,(H,14,18)(H,16,17). The summed E-state index contributed by atoms with van der Waals surface area (Å²) in [4.78, 5) is 24.1. The van der Waals surface area contributed by atoms with Crippen LogP contribution in [0.3, 0.4) is 0 Å². The molecule has 0 aromatic heterocycles. The second-order valence-electron chi connectivity index (χ2n) is 4.58. The highest BCUT2D eigenvalue weighted by Crippen LogP contribution is 2.29. The zero-order valence-electron chi connectivity index (χ0n) is 10.2. The number of urea groups is 1. The lowest BCUT2D eigenvalue weighted by Crippen LogP contribution is -2.44. The van der Waals surface area contributed by atoms with Gasteiger partial charge in [0.1, 0.15) is 6.54 Å². The summed E-state index contributed by atoms with van der Waals surface area (Å²) in [7, 11) is 0. The van der Waals surface area contributed by atoms with E-state index in [1.54, 1.807) is 24.3 Å². The molecule has 5 nitrogen and oxygen atoms in total. The molecular weight excluding hydrogens is 232 g/mol. The zero-order valence-corrected chi connectivity index (χ0v) is 10.2. The van der Waals surface area contributed by atoms with Gasteiger partial charge in [-0.15, -0.1) is 0 Å². The zero-order chi connectivity index (χ0) is 13.1. The minimum Gasteiger partial charge on any atom is -0.480 e. The fraction of sp³-hybridized carbons (Fsp3) is 0.385. The largest absolute Gasteiger partial charge is 0.480 e. The van der Waals surface area contributed by atoms with Crippen LogP contribution in [0.2, 0.25) is 0 Å². The van der Waals surface area contributed by atoms with E-state index in [0.717, 1.165) is 6.42 Å². The molecule has 2 atom stereocenters. The molecule has 1 aromatic carbocycles. The Morgan fingerprint density at radius 2 is 2.00 bits per heavy atom. The van der Waals surface area contributed by atoms with Crippen molar-refractivity contribution in [2.45, 2.75) is 19.4 Å². The molecule has 0 saturated heterocycles. The third-order valence-corrected chi connectivity index (χ3v) is 3.02. The molecule has 1 fully saturated rings. The lowest BCUT2D eigenvalue weighted by atomic mass is 10.3. The molecule has 1 aliphatic rings. The van der Waals surface area contributed by atoms with Crippen LogP contribution < -0.4 is 10.2 Å².